The molecule has 4 heteroatoms. The third kappa shape index (κ3) is 4.09. The van der Waals surface area contributed by atoms with Crippen molar-refractivity contribution in [1.82, 2.24) is 0 Å². The zero-order valence-electron chi connectivity index (χ0n) is 11.2. The highest BCUT2D eigenvalue weighted by Crippen LogP contribution is 2.17. The van der Waals surface area contributed by atoms with Crippen molar-refractivity contribution >= 4 is 11.6 Å². The van der Waals surface area contributed by atoms with Crippen molar-refractivity contribution < 1.29 is 13.9 Å². The Morgan fingerprint density at radius 2 is 1.95 bits per heavy atom. The lowest BCUT2D eigenvalue weighted by molar-refractivity contribution is -0.115. The minimum Gasteiger partial charge on any atom is -0.494 e. The van der Waals surface area contributed by atoms with E-state index in [1.54, 1.807) is 24.3 Å². The van der Waals surface area contributed by atoms with Crippen LogP contribution >= 0.6 is 0 Å². The van der Waals surface area contributed by atoms with Crippen molar-refractivity contribution in [2.24, 2.45) is 0 Å². The molecule has 2 aromatic rings. The van der Waals surface area contributed by atoms with Crippen molar-refractivity contribution in [2.45, 2.75) is 13.3 Å². The van der Waals surface area contributed by atoms with Crippen LogP contribution in [0.15, 0.2) is 48.5 Å². The van der Waals surface area contributed by atoms with E-state index < -0.39 is 0 Å². The smallest absolute Gasteiger partial charge is 0.228 e. The summed E-state index contributed by atoms with van der Waals surface area (Å²) in [7, 11) is 0. The maximum atomic E-state index is 12.8. The summed E-state index contributed by atoms with van der Waals surface area (Å²) in [6.45, 7) is 2.48. The first-order valence-electron chi connectivity index (χ1n) is 6.44. The van der Waals surface area contributed by atoms with Crippen LogP contribution in [0.25, 0.3) is 0 Å². The quantitative estimate of drug-likeness (QED) is 0.906. The van der Waals surface area contributed by atoms with Crippen LogP contribution < -0.4 is 10.1 Å². The predicted molar refractivity (Wildman–Crippen MR) is 76.3 cm³/mol. The van der Waals surface area contributed by atoms with Gasteiger partial charge in [0.2, 0.25) is 5.91 Å². The first-order chi connectivity index (χ1) is 9.67. The van der Waals surface area contributed by atoms with Crippen LogP contribution in [-0.2, 0) is 11.2 Å². The average molecular weight is 273 g/mol. The molecule has 20 heavy (non-hydrogen) atoms. The van der Waals surface area contributed by atoms with E-state index in [-0.39, 0.29) is 18.1 Å². The van der Waals surface area contributed by atoms with E-state index in [4.69, 9.17) is 4.74 Å². The molecule has 0 aliphatic carbocycles. The highest BCUT2D eigenvalue weighted by Gasteiger charge is 2.05. The van der Waals surface area contributed by atoms with E-state index in [2.05, 4.69) is 5.32 Å². The number of hydrogen-bond acceptors (Lipinski definition) is 2. The Morgan fingerprint density at radius 1 is 1.20 bits per heavy atom. The summed E-state index contributed by atoms with van der Waals surface area (Å²) >= 11 is 0. The van der Waals surface area contributed by atoms with Gasteiger partial charge in [-0.05, 0) is 36.8 Å². The molecule has 0 atom stereocenters. The molecule has 0 aliphatic rings. The van der Waals surface area contributed by atoms with Crippen LogP contribution in [0.5, 0.6) is 5.75 Å². The van der Waals surface area contributed by atoms with Crippen molar-refractivity contribution in [3.63, 3.8) is 0 Å². The van der Waals surface area contributed by atoms with Crippen LogP contribution in [0, 0.1) is 5.82 Å². The van der Waals surface area contributed by atoms with E-state index in [1.165, 1.54) is 12.1 Å². The monoisotopic (exact) mass is 273 g/mol. The molecule has 1 amide bonds. The largest absolute Gasteiger partial charge is 0.494 e. The Kier molecular flexibility index (Phi) is 4.71. The summed E-state index contributed by atoms with van der Waals surface area (Å²) in [5.41, 5.74) is 1.45. The number of rotatable bonds is 5. The minimum absolute atomic E-state index is 0.148. The lowest BCUT2D eigenvalue weighted by Crippen LogP contribution is -2.14. The number of anilines is 1. The van der Waals surface area contributed by atoms with Crippen LogP contribution in [0.2, 0.25) is 0 Å². The predicted octanol–water partition coefficient (Wildman–Crippen LogP) is 3.41. The number of ether oxygens (including phenoxy) is 1. The van der Waals surface area contributed by atoms with Crippen molar-refractivity contribution in [3.05, 3.63) is 59.9 Å². The third-order valence-electron chi connectivity index (χ3n) is 2.71. The van der Waals surface area contributed by atoms with Gasteiger partial charge in [-0.2, -0.15) is 0 Å². The lowest BCUT2D eigenvalue weighted by atomic mass is 10.1. The fourth-order valence-corrected chi connectivity index (χ4v) is 1.82. The maximum absolute atomic E-state index is 12.8. The third-order valence-corrected chi connectivity index (χ3v) is 2.71. The molecule has 0 bridgehead atoms. The number of carbonyl (C=O) groups excluding carboxylic acids is 1. The lowest BCUT2D eigenvalue weighted by Gasteiger charge is -2.08. The molecule has 0 aliphatic heterocycles. The van der Waals surface area contributed by atoms with Gasteiger partial charge in [0.25, 0.3) is 0 Å². The molecule has 0 spiro atoms. The second-order valence-electron chi connectivity index (χ2n) is 4.31. The molecule has 0 radical (unpaired) electrons. The molecule has 0 fully saturated rings. The zero-order chi connectivity index (χ0) is 14.4. The molecule has 0 saturated carbocycles. The molecule has 2 rings (SSSR count). The van der Waals surface area contributed by atoms with Gasteiger partial charge in [0.15, 0.2) is 0 Å². The SMILES string of the molecule is CCOc1cccc(NC(=O)Cc2ccc(F)cc2)c1. The van der Waals surface area contributed by atoms with Gasteiger partial charge in [0.1, 0.15) is 11.6 Å². The molecular weight excluding hydrogens is 257 g/mol. The summed E-state index contributed by atoms with van der Waals surface area (Å²) in [4.78, 5) is 11.9. The van der Waals surface area contributed by atoms with E-state index in [0.717, 1.165) is 5.56 Å². The second-order valence-corrected chi connectivity index (χ2v) is 4.31. The fourth-order valence-electron chi connectivity index (χ4n) is 1.82. The number of amides is 1. The first kappa shape index (κ1) is 14.1. The van der Waals surface area contributed by atoms with Crippen LogP contribution in [-0.4, -0.2) is 12.5 Å². The molecular formula is C16H16FNO2. The standard InChI is InChI=1S/C16H16FNO2/c1-2-20-15-5-3-4-14(11-15)18-16(19)10-12-6-8-13(17)9-7-12/h3-9,11H,2,10H2,1H3,(H,18,19). The highest BCUT2D eigenvalue weighted by atomic mass is 19.1. The Balaban J connectivity index is 1.97. The number of carbonyl (C=O) groups is 1. The number of benzene rings is 2. The average Bonchev–Trinajstić information content (AvgIpc) is 2.42. The number of nitrogens with one attached hydrogen (secondary N) is 1. The Hall–Kier alpha value is -2.36. The van der Waals surface area contributed by atoms with Gasteiger partial charge in [0, 0.05) is 11.8 Å². The minimum atomic E-state index is -0.307. The topological polar surface area (TPSA) is 38.3 Å². The van der Waals surface area contributed by atoms with E-state index in [1.807, 2.05) is 19.1 Å². The molecule has 1 N–H and O–H groups in total. The van der Waals surface area contributed by atoms with Gasteiger partial charge >= 0.3 is 0 Å². The van der Waals surface area contributed by atoms with Crippen molar-refractivity contribution in [2.75, 3.05) is 11.9 Å². The summed E-state index contributed by atoms with van der Waals surface area (Å²) in [6.07, 6.45) is 0.207. The fraction of sp³-hybridized carbons (Fsp3) is 0.188. The first-order valence-corrected chi connectivity index (χ1v) is 6.44. The zero-order valence-corrected chi connectivity index (χ0v) is 11.2. The van der Waals surface area contributed by atoms with Gasteiger partial charge in [-0.15, -0.1) is 0 Å². The molecule has 0 unspecified atom stereocenters. The van der Waals surface area contributed by atoms with Gasteiger partial charge in [-0.3, -0.25) is 4.79 Å². The van der Waals surface area contributed by atoms with Gasteiger partial charge in [-0.1, -0.05) is 18.2 Å². The van der Waals surface area contributed by atoms with Crippen LogP contribution in [0.3, 0.4) is 0 Å². The Bertz CT molecular complexity index is 581. The second kappa shape index (κ2) is 6.70. The molecule has 3 nitrogen and oxygen atoms in total. The summed E-state index contributed by atoms with van der Waals surface area (Å²) in [5, 5.41) is 2.79. The van der Waals surface area contributed by atoms with Crippen molar-refractivity contribution in [3.8, 4) is 5.75 Å². The van der Waals surface area contributed by atoms with E-state index in [0.29, 0.717) is 18.0 Å². The van der Waals surface area contributed by atoms with E-state index >= 15 is 0 Å². The molecule has 2 aromatic carbocycles. The number of halogens is 1. The maximum Gasteiger partial charge on any atom is 0.228 e. The van der Waals surface area contributed by atoms with E-state index in [9.17, 15) is 9.18 Å². The molecule has 0 aromatic heterocycles. The van der Waals surface area contributed by atoms with Gasteiger partial charge in [-0.25, -0.2) is 4.39 Å². The Labute approximate surface area is 117 Å². The van der Waals surface area contributed by atoms with Crippen LogP contribution in [0.4, 0.5) is 10.1 Å². The summed E-state index contributed by atoms with van der Waals surface area (Å²) < 4.78 is 18.1. The normalized spacial score (nSPS) is 10.1. The molecule has 0 saturated heterocycles. The highest BCUT2D eigenvalue weighted by molar-refractivity contribution is 5.92. The molecule has 104 valence electrons. The summed E-state index contributed by atoms with van der Waals surface area (Å²) in [6, 6.07) is 13.1. The van der Waals surface area contributed by atoms with Crippen LogP contribution in [0.1, 0.15) is 12.5 Å². The molecule has 0 heterocycles. The Morgan fingerprint density at radius 3 is 2.65 bits per heavy atom. The number of hydrogen-bond donors (Lipinski definition) is 1. The summed E-state index contributed by atoms with van der Waals surface area (Å²) in [5.74, 6) is 0.260. The van der Waals surface area contributed by atoms with Gasteiger partial charge in [0.05, 0.1) is 13.0 Å². The van der Waals surface area contributed by atoms with Crippen molar-refractivity contribution in [1.29, 1.82) is 0 Å². The van der Waals surface area contributed by atoms with Gasteiger partial charge < -0.3 is 10.1 Å².